The van der Waals surface area contributed by atoms with Gasteiger partial charge in [-0.05, 0) is 47.4 Å². The third-order valence-electron chi connectivity index (χ3n) is 7.88. The Morgan fingerprint density at radius 1 is 0.959 bits per heavy atom. The molecular weight excluding hydrogens is 735 g/mol. The Kier molecular flexibility index (Phi) is 11.3. The first-order valence-corrected chi connectivity index (χ1v) is 17.3. The fourth-order valence-electron chi connectivity index (χ4n) is 5.32. The van der Waals surface area contributed by atoms with E-state index in [4.69, 9.17) is 20.7 Å². The normalized spacial score (nSPS) is 13.2. The lowest BCUT2D eigenvalue weighted by Gasteiger charge is -2.26. The van der Waals surface area contributed by atoms with Crippen molar-refractivity contribution in [2.75, 3.05) is 49.0 Å². The van der Waals surface area contributed by atoms with Crippen molar-refractivity contribution in [1.29, 1.82) is 0 Å². The molecule has 0 unspecified atom stereocenters. The zero-order valence-corrected chi connectivity index (χ0v) is 30.2. The van der Waals surface area contributed by atoms with E-state index in [0.717, 1.165) is 27.9 Å². The zero-order chi connectivity index (χ0) is 35.7. The highest BCUT2D eigenvalue weighted by Gasteiger charge is 2.22. The first-order chi connectivity index (χ1) is 24.1. The van der Waals surface area contributed by atoms with Gasteiger partial charge in [0.1, 0.15) is 23.1 Å². The van der Waals surface area contributed by atoms with Crippen LogP contribution >= 0.6 is 22.6 Å². The second-order valence-electron chi connectivity index (χ2n) is 12.3. The molecule has 1 aliphatic rings. The van der Waals surface area contributed by atoms with E-state index in [1.165, 1.54) is 0 Å². The summed E-state index contributed by atoms with van der Waals surface area (Å²) in [6, 6.07) is 23.8. The van der Waals surface area contributed by atoms with Crippen molar-refractivity contribution in [3.63, 3.8) is 0 Å². The maximum Gasteiger partial charge on any atom is 0.324 e. The van der Waals surface area contributed by atoms with E-state index in [0.29, 0.717) is 59.9 Å². The van der Waals surface area contributed by atoms with Crippen molar-refractivity contribution in [3.05, 3.63) is 96.4 Å². The molecule has 0 spiro atoms. The summed E-state index contributed by atoms with van der Waals surface area (Å²) in [5, 5.41) is 12.4. The van der Waals surface area contributed by atoms with Gasteiger partial charge < -0.3 is 24.4 Å². The number of urea groups is 1. The predicted octanol–water partition coefficient (Wildman–Crippen LogP) is 7.62. The minimum absolute atomic E-state index is 0.0128. The molecule has 2 aromatic heterocycles. The average Bonchev–Trinajstić information content (AvgIpc) is 3.54. The molecule has 6 rings (SSSR count). The largest absolute Gasteiger partial charge is 0.497 e. The highest BCUT2D eigenvalue weighted by Crippen LogP contribution is 2.35. The molecule has 1 aliphatic heterocycles. The van der Waals surface area contributed by atoms with Gasteiger partial charge in [0.15, 0.2) is 0 Å². The number of anilines is 2. The van der Waals surface area contributed by atoms with Crippen LogP contribution in [0.2, 0.25) is 0 Å². The van der Waals surface area contributed by atoms with Crippen LogP contribution in [0.25, 0.3) is 16.5 Å². The molecule has 0 bridgehead atoms. The Balaban J connectivity index is 0.00000156. The predicted molar refractivity (Wildman–Crippen MR) is 201 cm³/mol. The Morgan fingerprint density at radius 3 is 2.37 bits per heavy atom. The molecule has 3 aromatic carbocycles. The Hall–Kier alpha value is -4.69. The van der Waals surface area contributed by atoms with Crippen molar-refractivity contribution in [1.82, 2.24) is 19.7 Å². The first kappa shape index (κ1) is 34.2. The maximum atomic E-state index is 13.4. The van der Waals surface area contributed by atoms with E-state index in [-0.39, 0.29) is 17.7 Å². The van der Waals surface area contributed by atoms with Crippen LogP contribution in [0, 0.1) is 0 Å². The van der Waals surface area contributed by atoms with Gasteiger partial charge in [-0.15, -0.1) is 0 Å². The monoisotopic (exact) mass is 777 g/mol. The van der Waals surface area contributed by atoms with Crippen LogP contribution in [-0.2, 0) is 21.4 Å². The number of nitrogens with zero attached hydrogens (tertiary/aromatic N) is 4. The summed E-state index contributed by atoms with van der Waals surface area (Å²) in [7, 11) is 1.62. The molecule has 2 N–H and O–H groups in total. The molecule has 3 amide bonds. The van der Waals surface area contributed by atoms with Gasteiger partial charge >= 0.3 is 6.03 Å². The fourth-order valence-corrected chi connectivity index (χ4v) is 5.32. The summed E-state index contributed by atoms with van der Waals surface area (Å²) in [6.45, 7) is 8.50. The van der Waals surface area contributed by atoms with E-state index < -0.39 is 6.03 Å². The SMILES string of the molecule is COc1ccc(-n2nc(C(C)(C)C)cc2NC(=O)Nc2ccc(Oc3ccnc(CC(=O)N4CCOCC4)c3)c3ccccc23)cc1.[2H]CI. The Bertz CT molecular complexity index is 1920. The number of alkyl halides is 1. The fraction of sp³-hybridized carbons (Fsp3) is 0.297. The molecule has 12 heteroatoms. The molecule has 1 saturated heterocycles. The van der Waals surface area contributed by atoms with Crippen LogP contribution in [0.15, 0.2) is 85.1 Å². The minimum atomic E-state index is -0.414. The molecule has 0 radical (unpaired) electrons. The van der Waals surface area contributed by atoms with Crippen LogP contribution in [0.4, 0.5) is 16.3 Å². The standard InChI is InChI=1S/C36H38N6O5.CH3I/c1-36(2,3)32-23-33(42(40-32)25-9-11-26(45-4)12-10-25)39-35(44)38-30-13-14-31(29-8-6-5-7-28(29)30)47-27-15-16-37-24(21-27)22-34(43)41-17-19-46-20-18-41;1-2/h5-16,21,23H,17-20,22H2,1-4H3,(H2,38,39,44);1H3/i;1D. The smallest absolute Gasteiger partial charge is 0.324 e. The van der Waals surface area contributed by atoms with Gasteiger partial charge in [-0.3, -0.25) is 15.1 Å². The van der Waals surface area contributed by atoms with Gasteiger partial charge in [0.05, 0.1) is 49.5 Å². The van der Waals surface area contributed by atoms with E-state index in [1.807, 2.05) is 89.3 Å². The molecular formula is C37H41IN6O5. The lowest BCUT2D eigenvalue weighted by molar-refractivity contribution is -0.134. The number of fused-ring (bicyclic) bond motifs is 1. The van der Waals surface area contributed by atoms with Gasteiger partial charge in [0.25, 0.3) is 0 Å². The minimum Gasteiger partial charge on any atom is -0.497 e. The summed E-state index contributed by atoms with van der Waals surface area (Å²) in [5.74, 6) is 2.44. The van der Waals surface area contributed by atoms with Crippen molar-refractivity contribution >= 4 is 56.8 Å². The molecule has 3 heterocycles. The molecule has 5 aromatic rings. The second-order valence-corrected chi connectivity index (χ2v) is 12.3. The van der Waals surface area contributed by atoms with Gasteiger partial charge in [-0.2, -0.15) is 5.10 Å². The number of methoxy groups -OCH3 is 1. The maximum absolute atomic E-state index is 13.4. The number of nitrogens with one attached hydrogen (secondary N) is 2. The molecule has 0 atom stereocenters. The summed E-state index contributed by atoms with van der Waals surface area (Å²) >= 11 is 1.96. The number of carbonyl (C=O) groups excluding carboxylic acids is 2. The quantitative estimate of drug-likeness (QED) is 0.123. The number of ether oxygens (including phenoxy) is 3. The molecule has 0 saturated carbocycles. The number of benzene rings is 3. The number of hydrogen-bond acceptors (Lipinski definition) is 7. The van der Waals surface area contributed by atoms with Crippen LogP contribution in [0.5, 0.6) is 17.2 Å². The van der Waals surface area contributed by atoms with Gasteiger partial charge in [-0.1, -0.05) is 67.6 Å². The topological polar surface area (TPSA) is 120 Å². The Labute approximate surface area is 301 Å². The number of halogens is 1. The molecule has 49 heavy (non-hydrogen) atoms. The molecule has 11 nitrogen and oxygen atoms in total. The average molecular weight is 778 g/mol. The number of morpholine rings is 1. The number of carbonyl (C=O) groups is 2. The van der Waals surface area contributed by atoms with Crippen LogP contribution < -0.4 is 20.1 Å². The van der Waals surface area contributed by atoms with Crippen molar-refractivity contribution in [2.24, 2.45) is 0 Å². The number of amides is 3. The summed E-state index contributed by atoms with van der Waals surface area (Å²) in [5.41, 5.74) is 2.63. The molecule has 0 aliphatic carbocycles. The molecule has 256 valence electrons. The number of pyridine rings is 1. The third-order valence-corrected chi connectivity index (χ3v) is 7.88. The number of rotatable bonds is 8. The zero-order valence-electron chi connectivity index (χ0n) is 29.0. The van der Waals surface area contributed by atoms with Crippen LogP contribution in [0.1, 0.15) is 33.5 Å². The lowest BCUT2D eigenvalue weighted by atomic mass is 9.92. The van der Waals surface area contributed by atoms with Crippen molar-refractivity contribution in [2.45, 2.75) is 32.6 Å². The van der Waals surface area contributed by atoms with E-state index in [2.05, 4.69) is 36.4 Å². The van der Waals surface area contributed by atoms with Crippen LogP contribution in [0.3, 0.4) is 0 Å². The molecule has 1 fully saturated rings. The number of aromatic nitrogens is 3. The summed E-state index contributed by atoms with van der Waals surface area (Å²) in [4.78, 5) is 32.8. The summed E-state index contributed by atoms with van der Waals surface area (Å²) in [6.07, 6.45) is 1.83. The number of hydrogen-bond donors (Lipinski definition) is 2. The van der Waals surface area contributed by atoms with E-state index >= 15 is 0 Å². The van der Waals surface area contributed by atoms with Gasteiger partial charge in [-0.25, -0.2) is 9.48 Å². The van der Waals surface area contributed by atoms with Crippen molar-refractivity contribution < 1.29 is 25.2 Å². The van der Waals surface area contributed by atoms with Crippen LogP contribution in [-0.4, -0.2) is 69.9 Å². The Morgan fingerprint density at radius 2 is 1.67 bits per heavy atom. The highest BCUT2D eigenvalue weighted by atomic mass is 127. The second kappa shape index (κ2) is 16.1. The first-order valence-electron chi connectivity index (χ1n) is 16.5. The van der Waals surface area contributed by atoms with E-state index in [1.54, 1.807) is 35.0 Å². The third kappa shape index (κ3) is 8.86. The summed E-state index contributed by atoms with van der Waals surface area (Å²) < 4.78 is 24.9. The van der Waals surface area contributed by atoms with E-state index in [9.17, 15) is 9.59 Å². The lowest BCUT2D eigenvalue weighted by Crippen LogP contribution is -2.41. The van der Waals surface area contributed by atoms with Gasteiger partial charge in [0, 0.05) is 49.0 Å². The van der Waals surface area contributed by atoms with Gasteiger partial charge in [0.2, 0.25) is 5.91 Å². The van der Waals surface area contributed by atoms with Crippen molar-refractivity contribution in [3.8, 4) is 22.9 Å². The highest BCUT2D eigenvalue weighted by molar-refractivity contribution is 14.1.